The zero-order valence-corrected chi connectivity index (χ0v) is 45.9. The number of rotatable bonds is 0. The Kier molecular flexibility index (Phi) is 922000. The topological polar surface area (TPSA) is 1580 Å². The molecule has 0 fully saturated rings. The number of hydrogen-bond acceptors (Lipinski definition) is 0. The molecule has 0 aliphatic heterocycles. The van der Waals surface area contributed by atoms with Crippen LogP contribution in [-0.2, 0) is 0 Å². The molecule has 50 nitrogen and oxygen atoms in total. The van der Waals surface area contributed by atoms with Crippen LogP contribution in [0.15, 0.2) is 0 Å². The summed E-state index contributed by atoms with van der Waals surface area (Å²) in [7, 11) is 0. The van der Waals surface area contributed by atoms with Crippen LogP contribution in [0.5, 0.6) is 0 Å². The molecule has 0 aromatic carbocycles. The first-order valence-corrected chi connectivity index (χ1v) is 0. The van der Waals surface area contributed by atoms with Gasteiger partial charge in [-0.15, -0.1) is 0 Å². The summed E-state index contributed by atoms with van der Waals surface area (Å²) in [4.78, 5) is 0. The van der Waals surface area contributed by atoms with E-state index >= 15 is 0 Å². The maximum Gasteiger partial charge on any atom is 2.00 e. The van der Waals surface area contributed by atoms with Crippen LogP contribution >= 0.6 is 0 Å². The first-order valence-electron chi connectivity index (χ1n) is 0. The molecule has 0 aliphatic rings. The van der Waals surface area contributed by atoms with Crippen molar-refractivity contribution in [2.24, 2.45) is 0 Å². The van der Waals surface area contributed by atoms with Gasteiger partial charge in [-0.3, -0.25) is 0 Å². The minimum absolute atomic E-state index is 0. The van der Waals surface area contributed by atoms with Crippen molar-refractivity contribution in [3.8, 4) is 0 Å². The molecule has 0 saturated carbocycles. The first kappa shape index (κ1) is 7300. The summed E-state index contributed by atoms with van der Waals surface area (Å²) in [5.74, 6) is 0. The van der Waals surface area contributed by atoms with Crippen molar-refractivity contribution in [1.82, 2.24) is 0 Å². The van der Waals surface area contributed by atoms with Gasteiger partial charge in [-0.2, -0.15) is 0 Å². The van der Waals surface area contributed by atoms with E-state index in [2.05, 4.69) is 0 Å². The van der Waals surface area contributed by atoms with Crippen LogP contribution in [0.4, 0.5) is 0 Å². The summed E-state index contributed by atoms with van der Waals surface area (Å²) in [6.07, 6.45) is 0. The van der Waals surface area contributed by atoms with E-state index in [1.165, 1.54) is 0 Å². The van der Waals surface area contributed by atoms with Gasteiger partial charge in [0.2, 0.25) is 0 Å². The van der Waals surface area contributed by atoms with E-state index in [0.29, 0.717) is 0 Å². The van der Waals surface area contributed by atoms with E-state index in [1.807, 2.05) is 0 Å². The minimum atomic E-state index is 0. The monoisotopic (exact) mass is 1350 g/mol. The molecule has 55 heteroatoms. The molecule has 0 aromatic heterocycles. The van der Waals surface area contributed by atoms with Gasteiger partial charge in [-0.1, -0.05) is 0 Å². The van der Waals surface area contributed by atoms with Gasteiger partial charge in [-0.05, 0) is 0 Å². The van der Waals surface area contributed by atoms with Crippen molar-refractivity contribution in [3.05, 3.63) is 0 Å². The van der Waals surface area contributed by atoms with E-state index < -0.39 is 0 Å². The zero-order chi connectivity index (χ0) is 0. The fourth-order valence-electron chi connectivity index (χ4n) is 0. The Morgan fingerprint density at radius 3 is 0.0545 bits per heavy atom. The van der Waals surface area contributed by atoms with Crippen molar-refractivity contribution < 1.29 is 288 Å². The Bertz CT molecular complexity index is 64.4. The third-order valence-corrected chi connectivity index (χ3v) is 0. The van der Waals surface area contributed by atoms with E-state index in [4.69, 9.17) is 0 Å². The van der Waals surface area contributed by atoms with Gasteiger partial charge in [-0.25, -0.2) is 0 Å². The molecule has 0 aromatic rings. The van der Waals surface area contributed by atoms with Gasteiger partial charge in [0.05, 0.1) is 0 Å². The van der Waals surface area contributed by atoms with Crippen molar-refractivity contribution in [2.45, 2.75) is 0 Å². The third-order valence-electron chi connectivity index (χ3n) is 0. The Balaban J connectivity index is 0. The van der Waals surface area contributed by atoms with Crippen LogP contribution in [-0.4, -0.2) is 501 Å². The maximum absolute atomic E-state index is 0. The van der Waals surface area contributed by atoms with Gasteiger partial charge < -0.3 is 288 Å². The van der Waals surface area contributed by atoms with Crippen molar-refractivity contribution in [3.63, 3.8) is 0 Å². The molecule has 0 bridgehead atoms. The van der Waals surface area contributed by atoms with Gasteiger partial charge in [0, 0.05) is 0 Å². The van der Waals surface area contributed by atoms with E-state index in [0.717, 1.165) is 0 Å². The molecule has 0 unspecified atom stereocenters. The van der Waals surface area contributed by atoms with Gasteiger partial charge in [0.1, 0.15) is 0 Å². The van der Waals surface area contributed by atoms with Crippen LogP contribution in [0, 0.1) is 0 Å². The Hall–Kier alpha value is 5.40. The molecule has 55 heavy (non-hydrogen) atoms. The second-order valence-electron chi connectivity index (χ2n) is 0. The average Bonchev–Trinajstić information content (AvgIpc) is 0. The Morgan fingerprint density at radius 1 is 0.0545 bits per heavy atom. The van der Waals surface area contributed by atoms with Crippen LogP contribution in [0.1, 0.15) is 14.3 Å². The second-order valence-corrected chi connectivity index (χ2v) is 0. The first-order chi connectivity index (χ1) is 0. The summed E-state index contributed by atoms with van der Waals surface area (Å²) in [6.45, 7) is 0. The second kappa shape index (κ2) is 6940. The average molecular weight is 1350 g/mol. The fourth-order valence-corrected chi connectivity index (χ4v) is 0. The zero-order valence-electron chi connectivity index (χ0n) is 38.5. The molecule has 0 saturated heterocycles. The van der Waals surface area contributed by atoms with E-state index in [9.17, 15) is 0 Å². The van der Waals surface area contributed by atoms with E-state index in [1.54, 1.807) is 0 Å². The Morgan fingerprint density at radius 2 is 0.0545 bits per heavy atom. The van der Waals surface area contributed by atoms with Crippen LogP contribution in [0.2, 0.25) is 0 Å². The summed E-state index contributed by atoms with van der Waals surface area (Å²) >= 11 is 0. The predicted octanol–water partition coefficient (Wildman–Crippen LogP) is -42.0. The third kappa shape index (κ3) is 6710. The smallest absolute Gasteiger partial charge is 1.00 e. The quantitative estimate of drug-likeness (QED) is 0.204. The summed E-state index contributed by atoms with van der Waals surface area (Å²) in [5, 5.41) is 0. The van der Waals surface area contributed by atoms with Crippen LogP contribution < -0.4 is 0 Å². The van der Waals surface area contributed by atoms with Crippen LogP contribution in [0.3, 0.4) is 0 Å². The van der Waals surface area contributed by atoms with Crippen molar-refractivity contribution in [1.29, 1.82) is 0 Å². The summed E-state index contributed by atoms with van der Waals surface area (Å²) in [6, 6.07) is 0. The molecule has 0 heterocycles. The molecule has 0 radical (unpaired) electrons. The minimum Gasteiger partial charge on any atom is -1.00 e. The van der Waals surface area contributed by atoms with Crippen molar-refractivity contribution in [2.75, 3.05) is 0 Å². The van der Waals surface area contributed by atoms with E-state index in [-0.39, 0.29) is 515 Å². The molecule has 0 rings (SSSR count). The molecule has 100 N–H and O–H groups in total. The maximum atomic E-state index is 0. The van der Waals surface area contributed by atoms with Crippen LogP contribution in [0.25, 0.3) is 0 Å². The fraction of sp³-hybridized carbons (Fsp3) is 0. The molecule has 0 amide bonds. The Labute approximate surface area is 507 Å². The number of hydrogen-bond donors (Lipinski definition) is 0. The normalized spacial score (nSPS) is 0. The predicted molar refractivity (Wildman–Crippen MR) is 221 cm³/mol. The molecular formula is H110O50Sr5. The molecule has 420 valence electrons. The standard InChI is InChI=1S/50H2O.5Sr.10H/h50*1H2;;;;;;;;;;;;;;;/q;;;;;;;;;;;;;;;;;;;;;;;;;;;;;;;;;;;;;;;;;;;;;;;;;;5*+2;10*-1. The molecule has 0 atom stereocenters. The van der Waals surface area contributed by atoms with Gasteiger partial charge in [0.15, 0.2) is 0 Å². The molecule has 0 aliphatic carbocycles. The summed E-state index contributed by atoms with van der Waals surface area (Å²) in [5.41, 5.74) is 0. The van der Waals surface area contributed by atoms with Gasteiger partial charge in [0.25, 0.3) is 0 Å². The SMILES string of the molecule is O.O.O.O.O.O.O.O.O.O.O.O.O.O.O.O.O.O.O.O.O.O.O.O.O.O.O.O.O.O.O.O.O.O.O.O.O.O.O.O.O.O.O.O.O.O.O.O.O.O.[H-].[H-].[H-].[H-].[H-].[H-].[H-].[H-].[H-].[H-].[Sr+2].[Sr+2].[Sr+2].[Sr+2].[Sr+2]. The molecular weight excluding hydrogens is 1240 g/mol. The van der Waals surface area contributed by atoms with Gasteiger partial charge >= 0.3 is 227 Å². The largest absolute Gasteiger partial charge is 2.00 e. The molecule has 0 spiro atoms. The van der Waals surface area contributed by atoms with Crippen molar-refractivity contribution >= 4 is 227 Å². The summed E-state index contributed by atoms with van der Waals surface area (Å²) < 4.78 is 0.